The molecule has 1 aliphatic rings. The topological polar surface area (TPSA) is 83.0 Å². The molecule has 0 bridgehead atoms. The van der Waals surface area contributed by atoms with Crippen LogP contribution in [0.25, 0.3) is 0 Å². The summed E-state index contributed by atoms with van der Waals surface area (Å²) in [6, 6.07) is 6.87. The molecule has 34 heavy (non-hydrogen) atoms. The number of alkyl halides is 3. The minimum atomic E-state index is -5.35. The third kappa shape index (κ3) is 4.55. The number of rotatable bonds is 7. The van der Waals surface area contributed by atoms with Crippen molar-refractivity contribution in [1.29, 1.82) is 0 Å². The Balaban J connectivity index is 2.04. The molecule has 2 heterocycles. The maximum absolute atomic E-state index is 13.5. The number of imide groups is 1. The molecule has 1 aromatic heterocycles. The van der Waals surface area contributed by atoms with Crippen molar-refractivity contribution in [2.75, 3.05) is 22.9 Å². The Bertz CT molecular complexity index is 1050. The number of hydrogen-bond acceptors (Lipinski definition) is 6. The second-order valence-corrected chi connectivity index (χ2v) is 8.21. The van der Waals surface area contributed by atoms with Crippen molar-refractivity contribution in [3.8, 4) is 0 Å². The minimum Gasteiger partial charge on any atom is -0.372 e. The zero-order chi connectivity index (χ0) is 25.3. The van der Waals surface area contributed by atoms with Crippen LogP contribution in [0.1, 0.15) is 33.3 Å². The molecule has 182 valence electrons. The molecule has 3 amide bonds. The molecule has 1 unspecified atom stereocenters. The van der Waals surface area contributed by atoms with Gasteiger partial charge in [-0.1, -0.05) is 13.8 Å². The van der Waals surface area contributed by atoms with Gasteiger partial charge < -0.3 is 9.74 Å². The van der Waals surface area contributed by atoms with E-state index in [-0.39, 0.29) is 10.8 Å². The molecule has 1 fully saturated rings. The van der Waals surface area contributed by atoms with Gasteiger partial charge in [0.15, 0.2) is 6.04 Å². The second-order valence-electron chi connectivity index (χ2n) is 8.21. The summed E-state index contributed by atoms with van der Waals surface area (Å²) in [6.45, 7) is 8.56. The molecule has 0 spiro atoms. The summed E-state index contributed by atoms with van der Waals surface area (Å²) in [4.78, 5) is 49.4. The number of carbonyl (C=O) groups excluding carboxylic acids is 3. The van der Waals surface area contributed by atoms with Crippen LogP contribution in [-0.4, -0.2) is 53.3 Å². The second kappa shape index (κ2) is 9.32. The molecule has 1 saturated heterocycles. The Morgan fingerprint density at radius 1 is 1.03 bits per heavy atom. The number of aromatic nitrogens is 1. The molecule has 0 aliphatic carbocycles. The first-order valence-corrected chi connectivity index (χ1v) is 10.6. The summed E-state index contributed by atoms with van der Waals surface area (Å²) in [5.74, 6) is -3.42. The highest BCUT2D eigenvalue weighted by molar-refractivity contribution is 6.21. The van der Waals surface area contributed by atoms with Crippen molar-refractivity contribution >= 4 is 29.3 Å². The van der Waals surface area contributed by atoms with E-state index in [0.717, 1.165) is 23.7 Å². The maximum atomic E-state index is 13.5. The first-order chi connectivity index (χ1) is 15.9. The molecule has 0 saturated carbocycles. The lowest BCUT2D eigenvalue weighted by molar-refractivity contribution is -0.232. The summed E-state index contributed by atoms with van der Waals surface area (Å²) in [5, 5.41) is 0.219. The number of anilines is 2. The van der Waals surface area contributed by atoms with Crippen LogP contribution in [-0.2, 0) is 19.8 Å². The summed E-state index contributed by atoms with van der Waals surface area (Å²) in [5.41, 5.74) is 0.284. The molecular weight excluding hydrogens is 453 g/mol. The quantitative estimate of drug-likeness (QED) is 0.558. The average Bonchev–Trinajstić information content (AvgIpc) is 3.05. The average molecular weight is 478 g/mol. The predicted octanol–water partition coefficient (Wildman–Crippen LogP) is 4.06. The van der Waals surface area contributed by atoms with E-state index in [9.17, 15) is 27.6 Å². The smallest absolute Gasteiger partial charge is 0.372 e. The van der Waals surface area contributed by atoms with E-state index >= 15 is 0 Å². The van der Waals surface area contributed by atoms with Gasteiger partial charge in [-0.2, -0.15) is 13.2 Å². The number of halogens is 3. The van der Waals surface area contributed by atoms with Gasteiger partial charge >= 0.3 is 18.2 Å². The van der Waals surface area contributed by atoms with Gasteiger partial charge in [-0.05, 0) is 55.8 Å². The van der Waals surface area contributed by atoms with Gasteiger partial charge in [-0.25, -0.2) is 14.5 Å². The summed E-state index contributed by atoms with van der Waals surface area (Å²) in [7, 11) is 0. The van der Waals surface area contributed by atoms with Gasteiger partial charge in [-0.3, -0.25) is 9.78 Å². The number of amides is 3. The van der Waals surface area contributed by atoms with Gasteiger partial charge in [0.1, 0.15) is 0 Å². The molecular formula is C23H25F3N4O4. The number of carbonyl (C=O) groups is 3. The zero-order valence-electron chi connectivity index (χ0n) is 19.2. The Morgan fingerprint density at radius 3 is 2.09 bits per heavy atom. The molecule has 11 heteroatoms. The van der Waals surface area contributed by atoms with Gasteiger partial charge in [0, 0.05) is 36.6 Å². The molecule has 8 nitrogen and oxygen atoms in total. The number of nitrogens with zero attached hydrogens (tertiary/aromatic N) is 4. The number of urea groups is 1. The van der Waals surface area contributed by atoms with Gasteiger partial charge in [0.25, 0.3) is 5.91 Å². The molecule has 0 radical (unpaired) electrons. The molecule has 1 aliphatic heterocycles. The highest BCUT2D eigenvalue weighted by atomic mass is 19.4. The number of pyridine rings is 1. The largest absolute Gasteiger partial charge is 0.493 e. The first kappa shape index (κ1) is 25.0. The van der Waals surface area contributed by atoms with Crippen LogP contribution < -0.4 is 9.80 Å². The van der Waals surface area contributed by atoms with Crippen molar-refractivity contribution in [3.05, 3.63) is 54.4 Å². The van der Waals surface area contributed by atoms with Crippen molar-refractivity contribution in [2.45, 2.75) is 45.3 Å². The third-order valence-corrected chi connectivity index (χ3v) is 5.83. The Hall–Kier alpha value is -3.63. The fourth-order valence-electron chi connectivity index (χ4n) is 3.94. The van der Waals surface area contributed by atoms with Gasteiger partial charge in [0.2, 0.25) is 0 Å². The van der Waals surface area contributed by atoms with Crippen molar-refractivity contribution in [1.82, 2.24) is 10.0 Å². The van der Waals surface area contributed by atoms with Crippen LogP contribution in [0.2, 0.25) is 0 Å². The number of hydrogen-bond donors (Lipinski definition) is 0. The van der Waals surface area contributed by atoms with Crippen molar-refractivity contribution in [2.24, 2.45) is 0 Å². The number of hydroxylamine groups is 2. The van der Waals surface area contributed by atoms with Crippen LogP contribution in [0.5, 0.6) is 0 Å². The SMILES string of the molecule is CCN(CC)c1ccc(N2C(=O)C(C(C)(C)c3ccncc3)N(OC(=O)C(F)(F)F)C2=O)cc1. The first-order valence-electron chi connectivity index (χ1n) is 10.6. The Kier molecular flexibility index (Phi) is 6.85. The van der Waals surface area contributed by atoms with E-state index < -0.39 is 35.5 Å². The van der Waals surface area contributed by atoms with E-state index in [0.29, 0.717) is 5.56 Å². The lowest BCUT2D eigenvalue weighted by atomic mass is 9.78. The van der Waals surface area contributed by atoms with Crippen LogP contribution in [0.3, 0.4) is 0 Å². The fourth-order valence-corrected chi connectivity index (χ4v) is 3.94. The highest BCUT2D eigenvalue weighted by Crippen LogP contribution is 2.38. The van der Waals surface area contributed by atoms with E-state index in [2.05, 4.69) is 9.82 Å². The van der Waals surface area contributed by atoms with E-state index in [1.807, 2.05) is 18.7 Å². The Morgan fingerprint density at radius 2 is 1.59 bits per heavy atom. The third-order valence-electron chi connectivity index (χ3n) is 5.83. The molecule has 3 rings (SSSR count). The maximum Gasteiger partial charge on any atom is 0.493 e. The van der Waals surface area contributed by atoms with Crippen LogP contribution in [0, 0.1) is 0 Å². The van der Waals surface area contributed by atoms with Crippen molar-refractivity contribution in [3.63, 3.8) is 0 Å². The molecule has 0 N–H and O–H groups in total. The van der Waals surface area contributed by atoms with E-state index in [1.165, 1.54) is 24.5 Å². The number of benzene rings is 1. The monoisotopic (exact) mass is 478 g/mol. The van der Waals surface area contributed by atoms with Crippen molar-refractivity contribution < 1.29 is 32.4 Å². The van der Waals surface area contributed by atoms with Gasteiger partial charge in [0.05, 0.1) is 5.69 Å². The van der Waals surface area contributed by atoms with Crippen LogP contribution in [0.4, 0.5) is 29.3 Å². The molecule has 2 aromatic rings. The van der Waals surface area contributed by atoms with Gasteiger partial charge in [-0.15, -0.1) is 5.06 Å². The van der Waals surface area contributed by atoms with Crippen LogP contribution in [0.15, 0.2) is 48.8 Å². The highest BCUT2D eigenvalue weighted by Gasteiger charge is 2.57. The fraction of sp³-hybridized carbons (Fsp3) is 0.391. The van der Waals surface area contributed by atoms with Crippen LogP contribution >= 0.6 is 0 Å². The zero-order valence-corrected chi connectivity index (χ0v) is 19.2. The van der Waals surface area contributed by atoms with E-state index in [1.54, 1.807) is 38.1 Å². The van der Waals surface area contributed by atoms with E-state index in [4.69, 9.17) is 0 Å². The molecule has 1 aromatic carbocycles. The summed E-state index contributed by atoms with van der Waals surface area (Å²) < 4.78 is 38.9. The summed E-state index contributed by atoms with van der Waals surface area (Å²) in [6.07, 6.45) is -2.45. The lowest BCUT2D eigenvalue weighted by Gasteiger charge is -2.33. The standard InChI is InChI=1S/C23H25F3N4O4/c1-5-28(6-2)16-7-9-17(10-8-16)29-19(31)18(22(3,4)15-11-13-27-14-12-15)30(21(29)33)34-20(32)23(24,25)26/h7-14,18H,5-6H2,1-4H3. The minimum absolute atomic E-state index is 0.145. The predicted molar refractivity (Wildman–Crippen MR) is 118 cm³/mol. The lowest BCUT2D eigenvalue weighted by Crippen LogP contribution is -2.50. The summed E-state index contributed by atoms with van der Waals surface area (Å²) >= 11 is 0. The Labute approximate surface area is 194 Å². The normalized spacial score (nSPS) is 16.7. The molecule has 1 atom stereocenters.